The number of rotatable bonds is 13. The summed E-state index contributed by atoms with van der Waals surface area (Å²) >= 11 is 0. The van der Waals surface area contributed by atoms with Gasteiger partial charge < -0.3 is 38.5 Å². The van der Waals surface area contributed by atoms with Crippen molar-refractivity contribution in [3.05, 3.63) is 158 Å². The molecule has 0 aliphatic carbocycles. The van der Waals surface area contributed by atoms with E-state index in [0.717, 1.165) is 16.7 Å². The number of ether oxygens (including phenoxy) is 6. The third-order valence-electron chi connectivity index (χ3n) is 9.16. The topological polar surface area (TPSA) is 168 Å². The molecule has 5 aromatic rings. The van der Waals surface area contributed by atoms with Gasteiger partial charge in [0.2, 0.25) is 0 Å². The third kappa shape index (κ3) is 8.21. The van der Waals surface area contributed by atoms with Crippen molar-refractivity contribution >= 4 is 18.7 Å². The van der Waals surface area contributed by atoms with Gasteiger partial charge in [0.25, 0.3) is 5.56 Å². The predicted octanol–water partition coefficient (Wildman–Crippen LogP) is 3.56. The Bertz CT molecular complexity index is 2050. The number of aromatic nitrogens is 2. The Hall–Kier alpha value is -5.67. The molecule has 3 atom stereocenters. The molecule has 0 bridgehead atoms. The number of nitrogens with one attached hydrogen (secondary N) is 1. The summed E-state index contributed by atoms with van der Waals surface area (Å²) in [5.74, 6) is 1.31. The minimum atomic E-state index is -1.63. The SMILES string of the molecule is COc1ccc(C(OC[C@H]2O[C@@H](n3cc(C)c(=O)[nH]c3=O)C[C@@H]2OC(=O)OCc2ccc(B(O)O)cc2)(c2ccccc2)c2ccc(OC)cc2)cc1. The van der Waals surface area contributed by atoms with Crippen LogP contribution in [0, 0.1) is 6.92 Å². The van der Waals surface area contributed by atoms with Gasteiger partial charge in [-0.3, -0.25) is 14.3 Å². The first-order valence-electron chi connectivity index (χ1n) is 16.9. The van der Waals surface area contributed by atoms with Gasteiger partial charge in [-0.25, -0.2) is 9.59 Å². The minimum Gasteiger partial charge on any atom is -0.497 e. The van der Waals surface area contributed by atoms with Gasteiger partial charge in [0.05, 0.1) is 20.8 Å². The molecule has 0 radical (unpaired) electrons. The van der Waals surface area contributed by atoms with Gasteiger partial charge >= 0.3 is 19.0 Å². The number of aryl methyl sites for hydroxylation is 1. The highest BCUT2D eigenvalue weighted by molar-refractivity contribution is 6.58. The lowest BCUT2D eigenvalue weighted by molar-refractivity contribution is -0.1000. The maximum Gasteiger partial charge on any atom is 0.508 e. The Kier molecular flexibility index (Phi) is 11.4. The molecule has 0 unspecified atom stereocenters. The van der Waals surface area contributed by atoms with E-state index in [2.05, 4.69) is 4.98 Å². The fourth-order valence-corrected chi connectivity index (χ4v) is 6.31. The molecule has 1 fully saturated rings. The summed E-state index contributed by atoms with van der Waals surface area (Å²) in [5.41, 5.74) is 1.10. The smallest absolute Gasteiger partial charge is 0.497 e. The van der Waals surface area contributed by atoms with E-state index < -0.39 is 48.6 Å². The maximum atomic E-state index is 13.1. The molecule has 1 aliphatic rings. The zero-order chi connectivity index (χ0) is 37.5. The van der Waals surface area contributed by atoms with Gasteiger partial charge in [0.1, 0.15) is 42.1 Å². The van der Waals surface area contributed by atoms with Crippen molar-refractivity contribution in [3.8, 4) is 11.5 Å². The standard InChI is InChI=1S/C39H39BN2O11/c1-25-22-42(37(44)41-36(25)43)35-21-33(53-38(45)50-23-26-9-15-30(16-10-26)40(46)47)34(52-35)24-51-39(27-7-5-4-6-8-27,28-11-17-31(48-2)18-12-28)29-13-19-32(49-3)20-14-29/h4-20,22,33-35,46-47H,21,23-24H2,1-3H3,(H,41,43,44)/t33-,34+,35+/m0/s1. The average Bonchev–Trinajstić information content (AvgIpc) is 3.58. The van der Waals surface area contributed by atoms with Crippen LogP contribution in [0.5, 0.6) is 11.5 Å². The number of hydrogen-bond acceptors (Lipinski definition) is 11. The zero-order valence-electron chi connectivity index (χ0n) is 29.3. The molecule has 14 heteroatoms. The lowest BCUT2D eigenvalue weighted by atomic mass is 9.80. The van der Waals surface area contributed by atoms with Gasteiger partial charge in [0, 0.05) is 18.2 Å². The van der Waals surface area contributed by atoms with E-state index in [1.165, 1.54) is 22.9 Å². The van der Waals surface area contributed by atoms with Crippen molar-refractivity contribution in [3.63, 3.8) is 0 Å². The highest BCUT2D eigenvalue weighted by Crippen LogP contribution is 2.43. The molecule has 0 amide bonds. The van der Waals surface area contributed by atoms with E-state index >= 15 is 0 Å². The van der Waals surface area contributed by atoms with Gasteiger partial charge in [-0.05, 0) is 58.9 Å². The number of aromatic amines is 1. The second-order valence-corrected chi connectivity index (χ2v) is 12.5. The minimum absolute atomic E-state index is 0.0427. The van der Waals surface area contributed by atoms with Crippen LogP contribution < -0.4 is 26.2 Å². The summed E-state index contributed by atoms with van der Waals surface area (Å²) in [6, 6.07) is 30.9. The first-order chi connectivity index (χ1) is 25.6. The summed E-state index contributed by atoms with van der Waals surface area (Å²) < 4.78 is 36.8. The van der Waals surface area contributed by atoms with Gasteiger partial charge in [0.15, 0.2) is 0 Å². The monoisotopic (exact) mass is 722 g/mol. The quantitative estimate of drug-likeness (QED) is 0.0924. The van der Waals surface area contributed by atoms with Crippen LogP contribution in [-0.2, 0) is 31.2 Å². The van der Waals surface area contributed by atoms with Crippen LogP contribution in [0.1, 0.15) is 40.5 Å². The van der Waals surface area contributed by atoms with Crippen LogP contribution in [0.3, 0.4) is 0 Å². The van der Waals surface area contributed by atoms with E-state index in [-0.39, 0.29) is 25.1 Å². The number of carbonyl (C=O) groups excluding carboxylic acids is 1. The Morgan fingerprint density at radius 1 is 0.868 bits per heavy atom. The summed E-state index contributed by atoms with van der Waals surface area (Å²) in [5, 5.41) is 18.8. The Balaban J connectivity index is 1.34. The van der Waals surface area contributed by atoms with E-state index in [1.807, 2.05) is 78.9 Å². The molecule has 13 nitrogen and oxygen atoms in total. The van der Waals surface area contributed by atoms with E-state index in [1.54, 1.807) is 33.3 Å². The van der Waals surface area contributed by atoms with Gasteiger partial charge in [-0.1, -0.05) is 78.9 Å². The second-order valence-electron chi connectivity index (χ2n) is 12.5. The number of nitrogens with zero attached hydrogens (tertiary/aromatic N) is 1. The van der Waals surface area contributed by atoms with Crippen LogP contribution >= 0.6 is 0 Å². The van der Waals surface area contributed by atoms with Crippen molar-refractivity contribution in [2.75, 3.05) is 20.8 Å². The van der Waals surface area contributed by atoms with Crippen molar-refractivity contribution in [2.24, 2.45) is 0 Å². The zero-order valence-corrected chi connectivity index (χ0v) is 29.3. The number of benzene rings is 4. The Labute approximate surface area is 305 Å². The first kappa shape index (κ1) is 37.1. The van der Waals surface area contributed by atoms with Crippen LogP contribution in [0.2, 0.25) is 0 Å². The van der Waals surface area contributed by atoms with Crippen LogP contribution in [0.15, 0.2) is 119 Å². The Morgan fingerprint density at radius 3 is 2.02 bits per heavy atom. The molecule has 4 aromatic carbocycles. The van der Waals surface area contributed by atoms with E-state index in [0.29, 0.717) is 22.6 Å². The highest BCUT2D eigenvalue weighted by Gasteiger charge is 2.44. The van der Waals surface area contributed by atoms with E-state index in [4.69, 9.17) is 28.4 Å². The molecular formula is C39H39BN2O11. The molecular weight excluding hydrogens is 683 g/mol. The van der Waals surface area contributed by atoms with Crippen LogP contribution in [-0.4, -0.2) is 65.9 Å². The highest BCUT2D eigenvalue weighted by atomic mass is 16.7. The van der Waals surface area contributed by atoms with Gasteiger partial charge in [-0.15, -0.1) is 0 Å². The first-order valence-corrected chi connectivity index (χ1v) is 16.9. The molecule has 6 rings (SSSR count). The van der Waals surface area contributed by atoms with Crippen molar-refractivity contribution < 1.29 is 43.3 Å². The van der Waals surface area contributed by atoms with Gasteiger partial charge in [-0.2, -0.15) is 0 Å². The molecule has 0 saturated carbocycles. The van der Waals surface area contributed by atoms with Crippen LogP contribution in [0.25, 0.3) is 0 Å². The molecule has 0 spiro atoms. The fraction of sp³-hybridized carbons (Fsp3) is 0.256. The molecule has 274 valence electrons. The summed E-state index contributed by atoms with van der Waals surface area (Å²) in [4.78, 5) is 40.5. The number of carbonyl (C=O) groups is 1. The summed E-state index contributed by atoms with van der Waals surface area (Å²) in [6.45, 7) is 1.30. The molecule has 3 N–H and O–H groups in total. The molecule has 2 heterocycles. The van der Waals surface area contributed by atoms with Crippen LogP contribution in [0.4, 0.5) is 4.79 Å². The molecule has 1 aliphatic heterocycles. The van der Waals surface area contributed by atoms with E-state index in [9.17, 15) is 24.4 Å². The maximum absolute atomic E-state index is 13.1. The molecule has 1 aromatic heterocycles. The molecule has 1 saturated heterocycles. The predicted molar refractivity (Wildman–Crippen MR) is 194 cm³/mol. The van der Waals surface area contributed by atoms with Crippen molar-refractivity contribution in [1.82, 2.24) is 9.55 Å². The fourth-order valence-electron chi connectivity index (χ4n) is 6.31. The Morgan fingerprint density at radius 2 is 1.45 bits per heavy atom. The normalized spacial score (nSPS) is 16.9. The average molecular weight is 723 g/mol. The second kappa shape index (κ2) is 16.3. The number of H-pyrrole nitrogens is 1. The van der Waals surface area contributed by atoms with Crippen molar-refractivity contribution in [2.45, 2.75) is 44.0 Å². The lowest BCUT2D eigenvalue weighted by Gasteiger charge is -2.37. The van der Waals surface area contributed by atoms with Crippen molar-refractivity contribution in [1.29, 1.82) is 0 Å². The number of methoxy groups -OCH3 is 2. The summed E-state index contributed by atoms with van der Waals surface area (Å²) in [6.07, 6.45) is -2.31. The summed E-state index contributed by atoms with van der Waals surface area (Å²) in [7, 11) is 1.55. The largest absolute Gasteiger partial charge is 0.508 e. The number of hydrogen-bond donors (Lipinski definition) is 3. The third-order valence-corrected chi connectivity index (χ3v) is 9.16. The molecule has 53 heavy (non-hydrogen) atoms. The lowest BCUT2D eigenvalue weighted by Crippen LogP contribution is -2.39.